The Morgan fingerprint density at radius 1 is 1.32 bits per heavy atom. The van der Waals surface area contributed by atoms with Gasteiger partial charge in [0.2, 0.25) is 0 Å². The number of rotatable bonds is 5. The molecule has 1 aliphatic rings. The summed E-state index contributed by atoms with van der Waals surface area (Å²) >= 11 is 0. The molecule has 4 nitrogen and oxygen atoms in total. The van der Waals surface area contributed by atoms with Crippen LogP contribution in [0.1, 0.15) is 44.1 Å². The van der Waals surface area contributed by atoms with Gasteiger partial charge in [-0.15, -0.1) is 0 Å². The van der Waals surface area contributed by atoms with Crippen LogP contribution in [0.4, 0.5) is 11.4 Å². The lowest BCUT2D eigenvalue weighted by Crippen LogP contribution is -2.12. The van der Waals surface area contributed by atoms with Crippen molar-refractivity contribution < 1.29 is 4.92 Å². The Labute approximate surface area is 114 Å². The first-order valence-corrected chi connectivity index (χ1v) is 7.16. The van der Waals surface area contributed by atoms with Gasteiger partial charge >= 0.3 is 0 Å². The van der Waals surface area contributed by atoms with Gasteiger partial charge in [-0.25, -0.2) is 0 Å². The van der Waals surface area contributed by atoms with Crippen molar-refractivity contribution in [3.05, 3.63) is 33.9 Å². The van der Waals surface area contributed by atoms with E-state index in [2.05, 4.69) is 5.32 Å². The third-order valence-corrected chi connectivity index (χ3v) is 4.01. The summed E-state index contributed by atoms with van der Waals surface area (Å²) in [6.07, 6.45) is 8.08. The Hall–Kier alpha value is -1.58. The van der Waals surface area contributed by atoms with Gasteiger partial charge < -0.3 is 5.32 Å². The fourth-order valence-electron chi connectivity index (χ4n) is 2.85. The summed E-state index contributed by atoms with van der Waals surface area (Å²) in [5, 5.41) is 14.1. The van der Waals surface area contributed by atoms with Crippen LogP contribution in [0.5, 0.6) is 0 Å². The molecule has 0 heterocycles. The van der Waals surface area contributed by atoms with E-state index in [9.17, 15) is 10.1 Å². The van der Waals surface area contributed by atoms with Crippen LogP contribution in [0.2, 0.25) is 0 Å². The predicted molar refractivity (Wildman–Crippen MR) is 77.5 cm³/mol. The smallest absolute Gasteiger partial charge is 0.269 e. The predicted octanol–water partition coefficient (Wildman–Crippen LogP) is 4.29. The van der Waals surface area contributed by atoms with Crippen molar-refractivity contribution in [3.63, 3.8) is 0 Å². The fourth-order valence-corrected chi connectivity index (χ4v) is 2.85. The molecule has 0 saturated heterocycles. The molecule has 1 saturated carbocycles. The topological polar surface area (TPSA) is 55.2 Å². The van der Waals surface area contributed by atoms with Crippen molar-refractivity contribution in [2.75, 3.05) is 11.9 Å². The van der Waals surface area contributed by atoms with Crippen LogP contribution in [0.3, 0.4) is 0 Å². The maximum Gasteiger partial charge on any atom is 0.269 e. The molecule has 19 heavy (non-hydrogen) atoms. The fraction of sp³-hybridized carbons (Fsp3) is 0.600. The number of nitrogens with one attached hydrogen (secondary N) is 1. The molecule has 1 N–H and O–H groups in total. The zero-order chi connectivity index (χ0) is 13.7. The van der Waals surface area contributed by atoms with Crippen LogP contribution in [-0.4, -0.2) is 11.5 Å². The highest BCUT2D eigenvalue weighted by Gasteiger charge is 2.13. The van der Waals surface area contributed by atoms with Crippen molar-refractivity contribution in [1.82, 2.24) is 0 Å². The molecule has 2 rings (SSSR count). The lowest BCUT2D eigenvalue weighted by Gasteiger charge is -2.21. The van der Waals surface area contributed by atoms with E-state index in [4.69, 9.17) is 0 Å². The Balaban J connectivity index is 1.83. The van der Waals surface area contributed by atoms with Crippen LogP contribution in [0.15, 0.2) is 18.2 Å². The summed E-state index contributed by atoms with van der Waals surface area (Å²) in [5.74, 6) is 0.861. The lowest BCUT2D eigenvalue weighted by atomic mass is 9.87. The molecular formula is C15H22N2O2. The minimum Gasteiger partial charge on any atom is -0.385 e. The number of benzene rings is 1. The largest absolute Gasteiger partial charge is 0.385 e. The molecule has 1 aliphatic carbocycles. The zero-order valence-corrected chi connectivity index (χ0v) is 11.5. The van der Waals surface area contributed by atoms with E-state index in [1.54, 1.807) is 12.1 Å². The maximum atomic E-state index is 10.7. The molecule has 104 valence electrons. The number of hydrogen-bond acceptors (Lipinski definition) is 3. The summed E-state index contributed by atoms with van der Waals surface area (Å²) in [6.45, 7) is 2.87. The van der Waals surface area contributed by atoms with Crippen LogP contribution in [-0.2, 0) is 0 Å². The van der Waals surface area contributed by atoms with Crippen molar-refractivity contribution in [2.45, 2.75) is 45.4 Å². The standard InChI is InChI=1S/C15H22N2O2/c1-12-11-14(17(18)19)7-8-15(12)16-10-9-13-5-3-2-4-6-13/h7-8,11,13,16H,2-6,9-10H2,1H3. The van der Waals surface area contributed by atoms with Gasteiger partial charge in [0.05, 0.1) is 4.92 Å². The lowest BCUT2D eigenvalue weighted by molar-refractivity contribution is -0.384. The molecular weight excluding hydrogens is 240 g/mol. The van der Waals surface area contributed by atoms with E-state index in [-0.39, 0.29) is 10.6 Å². The zero-order valence-electron chi connectivity index (χ0n) is 11.5. The van der Waals surface area contributed by atoms with Gasteiger partial charge in [0, 0.05) is 24.4 Å². The molecule has 1 aromatic rings. The molecule has 1 aromatic carbocycles. The number of nitrogens with zero attached hydrogens (tertiary/aromatic N) is 1. The van der Waals surface area contributed by atoms with Gasteiger partial charge in [-0.05, 0) is 30.9 Å². The van der Waals surface area contributed by atoms with Crippen LogP contribution in [0, 0.1) is 23.0 Å². The van der Waals surface area contributed by atoms with Crippen molar-refractivity contribution in [3.8, 4) is 0 Å². The minimum atomic E-state index is -0.348. The van der Waals surface area contributed by atoms with Crippen molar-refractivity contribution in [1.29, 1.82) is 0 Å². The summed E-state index contributed by atoms with van der Waals surface area (Å²) < 4.78 is 0. The van der Waals surface area contributed by atoms with Gasteiger partial charge in [-0.2, -0.15) is 0 Å². The molecule has 4 heteroatoms. The van der Waals surface area contributed by atoms with Gasteiger partial charge in [-0.3, -0.25) is 10.1 Å². The highest BCUT2D eigenvalue weighted by molar-refractivity contribution is 5.55. The van der Waals surface area contributed by atoms with E-state index in [0.717, 1.165) is 23.7 Å². The third kappa shape index (κ3) is 3.94. The average Bonchev–Trinajstić information content (AvgIpc) is 2.41. The van der Waals surface area contributed by atoms with Crippen molar-refractivity contribution >= 4 is 11.4 Å². The molecule has 0 amide bonds. The molecule has 0 atom stereocenters. The molecule has 0 aliphatic heterocycles. The van der Waals surface area contributed by atoms with E-state index in [1.165, 1.54) is 38.5 Å². The van der Waals surface area contributed by atoms with Gasteiger partial charge in [0.1, 0.15) is 0 Å². The number of aryl methyl sites for hydroxylation is 1. The molecule has 0 aromatic heterocycles. The van der Waals surface area contributed by atoms with E-state index >= 15 is 0 Å². The second kappa shape index (κ2) is 6.55. The molecule has 1 fully saturated rings. The van der Waals surface area contributed by atoms with Crippen LogP contribution < -0.4 is 5.32 Å². The number of non-ortho nitro benzene ring substituents is 1. The summed E-state index contributed by atoms with van der Waals surface area (Å²) in [7, 11) is 0. The highest BCUT2D eigenvalue weighted by atomic mass is 16.6. The molecule has 0 unspecified atom stereocenters. The van der Waals surface area contributed by atoms with Gasteiger partial charge in [-0.1, -0.05) is 32.1 Å². The monoisotopic (exact) mass is 262 g/mol. The molecule has 0 bridgehead atoms. The Bertz CT molecular complexity index is 440. The quantitative estimate of drug-likeness (QED) is 0.636. The highest BCUT2D eigenvalue weighted by Crippen LogP contribution is 2.27. The number of hydrogen-bond donors (Lipinski definition) is 1. The summed E-state index contributed by atoms with van der Waals surface area (Å²) in [4.78, 5) is 10.3. The number of anilines is 1. The van der Waals surface area contributed by atoms with Crippen LogP contribution in [0.25, 0.3) is 0 Å². The second-order valence-electron chi connectivity index (χ2n) is 5.48. The Morgan fingerprint density at radius 2 is 2.05 bits per heavy atom. The molecule has 0 spiro atoms. The average molecular weight is 262 g/mol. The van der Waals surface area contributed by atoms with Crippen molar-refractivity contribution in [2.24, 2.45) is 5.92 Å². The third-order valence-electron chi connectivity index (χ3n) is 4.01. The summed E-state index contributed by atoms with van der Waals surface area (Å²) in [6, 6.07) is 5.01. The van der Waals surface area contributed by atoms with E-state index in [1.807, 2.05) is 13.0 Å². The first kappa shape index (κ1) is 13.8. The van der Waals surface area contributed by atoms with Gasteiger partial charge in [0.15, 0.2) is 0 Å². The normalized spacial score (nSPS) is 16.3. The Kier molecular flexibility index (Phi) is 4.77. The second-order valence-corrected chi connectivity index (χ2v) is 5.48. The number of nitro groups is 1. The first-order valence-electron chi connectivity index (χ1n) is 7.16. The van der Waals surface area contributed by atoms with E-state index < -0.39 is 0 Å². The van der Waals surface area contributed by atoms with E-state index in [0.29, 0.717) is 0 Å². The Morgan fingerprint density at radius 3 is 2.68 bits per heavy atom. The van der Waals surface area contributed by atoms with Crippen LogP contribution >= 0.6 is 0 Å². The molecule has 0 radical (unpaired) electrons. The maximum absolute atomic E-state index is 10.7. The minimum absolute atomic E-state index is 0.162. The SMILES string of the molecule is Cc1cc([N+](=O)[O-])ccc1NCCC1CCCCC1. The number of nitro benzene ring substituents is 1. The summed E-state index contributed by atoms with van der Waals surface area (Å²) in [5.41, 5.74) is 2.12. The first-order chi connectivity index (χ1) is 9.16. The van der Waals surface area contributed by atoms with Gasteiger partial charge in [0.25, 0.3) is 5.69 Å².